The molecule has 0 aliphatic heterocycles. The molecule has 14 heavy (non-hydrogen) atoms. The van der Waals surface area contributed by atoms with Crippen molar-refractivity contribution in [1.82, 2.24) is 4.98 Å². The van der Waals surface area contributed by atoms with Gasteiger partial charge in [-0.3, -0.25) is 0 Å². The van der Waals surface area contributed by atoms with E-state index in [1.165, 1.54) is 0 Å². The van der Waals surface area contributed by atoms with E-state index < -0.39 is 0 Å². The second-order valence-corrected chi connectivity index (χ2v) is 7.03. The van der Waals surface area contributed by atoms with Crippen LogP contribution < -0.4 is 5.09 Å². The molecule has 3 heteroatoms. The lowest BCUT2D eigenvalue weighted by atomic mass is 10.5. The highest BCUT2D eigenvalue weighted by molar-refractivity contribution is 7.60. The summed E-state index contributed by atoms with van der Waals surface area (Å²) in [5, 5.41) is 3.53. The predicted molar refractivity (Wildman–Crippen MR) is 65.1 cm³/mol. The summed E-state index contributed by atoms with van der Waals surface area (Å²) in [5.41, 5.74) is 1.37. The van der Waals surface area contributed by atoms with Crippen LogP contribution in [0, 0.1) is 0 Å². The Kier molecular flexibility index (Phi) is 4.34. The lowest BCUT2D eigenvalue weighted by Gasteiger charge is -2.26. The van der Waals surface area contributed by atoms with Crippen LogP contribution in [0.25, 0.3) is 0 Å². The van der Waals surface area contributed by atoms with E-state index in [1.54, 1.807) is 0 Å². The number of nitrogens with one attached hydrogen (secondary N) is 1. The van der Waals surface area contributed by atoms with E-state index in [1.807, 2.05) is 24.4 Å². The van der Waals surface area contributed by atoms with Crippen LogP contribution in [0.2, 0.25) is 0 Å². The summed E-state index contributed by atoms with van der Waals surface area (Å²) in [7, 11) is -0.167. The van der Waals surface area contributed by atoms with Gasteiger partial charge in [0.05, 0.1) is 0 Å². The highest BCUT2D eigenvalue weighted by atomic mass is 31.1. The fourth-order valence-corrected chi connectivity index (χ4v) is 3.52. The molecule has 0 aliphatic rings. The third kappa shape index (κ3) is 3.26. The lowest BCUT2D eigenvalue weighted by molar-refractivity contribution is 1.01. The summed E-state index contributed by atoms with van der Waals surface area (Å²) in [6, 6.07) is 5.99. The lowest BCUT2D eigenvalue weighted by Crippen LogP contribution is -2.10. The second kappa shape index (κ2) is 5.31. The molecule has 2 nitrogen and oxygen atoms in total. The highest BCUT2D eigenvalue weighted by Crippen LogP contribution is 2.45. The smallest absolute Gasteiger partial charge is 0.129 e. The van der Waals surface area contributed by atoms with Crippen molar-refractivity contribution in [2.75, 3.05) is 5.09 Å². The van der Waals surface area contributed by atoms with Crippen LogP contribution in [0.5, 0.6) is 0 Å². The van der Waals surface area contributed by atoms with E-state index >= 15 is 0 Å². The van der Waals surface area contributed by atoms with Gasteiger partial charge >= 0.3 is 0 Å². The van der Waals surface area contributed by atoms with Crippen LogP contribution in [-0.4, -0.2) is 16.3 Å². The number of aromatic nitrogens is 1. The van der Waals surface area contributed by atoms with E-state index in [0.717, 1.165) is 5.82 Å². The highest BCUT2D eigenvalue weighted by Gasteiger charge is 2.16. The topological polar surface area (TPSA) is 24.9 Å². The van der Waals surface area contributed by atoms with Gasteiger partial charge in [-0.15, -0.1) is 0 Å². The first-order valence-electron chi connectivity index (χ1n) is 5.07. The maximum Gasteiger partial charge on any atom is 0.129 e. The summed E-state index contributed by atoms with van der Waals surface area (Å²) in [6.45, 7) is 9.06. The summed E-state index contributed by atoms with van der Waals surface area (Å²) < 4.78 is 0. The average molecular weight is 210 g/mol. The Balaban J connectivity index is 2.65. The van der Waals surface area contributed by atoms with E-state index in [0.29, 0.717) is 11.3 Å². The SMILES string of the molecule is CC(C)P(Nc1ccccn1)C(C)C. The Labute approximate surface area is 87.9 Å². The molecule has 0 radical (unpaired) electrons. The van der Waals surface area contributed by atoms with Gasteiger partial charge in [0.1, 0.15) is 5.82 Å². The van der Waals surface area contributed by atoms with Crippen LogP contribution in [-0.2, 0) is 0 Å². The minimum Gasteiger partial charge on any atom is -0.349 e. The Bertz CT molecular complexity index is 251. The Morgan fingerprint density at radius 1 is 1.14 bits per heavy atom. The minimum atomic E-state index is -0.167. The molecule has 0 amide bonds. The van der Waals surface area contributed by atoms with Gasteiger partial charge in [-0.1, -0.05) is 33.8 Å². The predicted octanol–water partition coefficient (Wildman–Crippen LogP) is 3.71. The van der Waals surface area contributed by atoms with Crippen molar-refractivity contribution in [3.63, 3.8) is 0 Å². The van der Waals surface area contributed by atoms with Crippen molar-refractivity contribution >= 4 is 13.9 Å². The van der Waals surface area contributed by atoms with Crippen molar-refractivity contribution in [2.45, 2.75) is 39.0 Å². The normalized spacial score (nSPS) is 11.4. The zero-order chi connectivity index (χ0) is 10.6. The van der Waals surface area contributed by atoms with Gasteiger partial charge in [-0.25, -0.2) is 4.98 Å². The fourth-order valence-electron chi connectivity index (χ4n) is 1.42. The largest absolute Gasteiger partial charge is 0.349 e. The van der Waals surface area contributed by atoms with Gasteiger partial charge in [0.2, 0.25) is 0 Å². The van der Waals surface area contributed by atoms with E-state index in [-0.39, 0.29) is 8.07 Å². The summed E-state index contributed by atoms with van der Waals surface area (Å²) in [4.78, 5) is 4.29. The van der Waals surface area contributed by atoms with Crippen molar-refractivity contribution in [3.8, 4) is 0 Å². The van der Waals surface area contributed by atoms with Gasteiger partial charge in [-0.05, 0) is 31.5 Å². The molecule has 0 fully saturated rings. The van der Waals surface area contributed by atoms with E-state index in [2.05, 4.69) is 37.8 Å². The molecule has 0 aliphatic carbocycles. The fraction of sp³-hybridized carbons (Fsp3) is 0.545. The van der Waals surface area contributed by atoms with Gasteiger partial charge in [0.15, 0.2) is 0 Å². The van der Waals surface area contributed by atoms with Crippen LogP contribution in [0.3, 0.4) is 0 Å². The zero-order valence-electron chi connectivity index (χ0n) is 9.36. The van der Waals surface area contributed by atoms with Crippen LogP contribution in [0.4, 0.5) is 5.82 Å². The Morgan fingerprint density at radius 3 is 2.21 bits per heavy atom. The molecule has 1 rings (SSSR count). The molecule has 0 unspecified atom stereocenters. The maximum absolute atomic E-state index is 4.29. The molecular weight excluding hydrogens is 191 g/mol. The van der Waals surface area contributed by atoms with Gasteiger partial charge in [0.25, 0.3) is 0 Å². The van der Waals surface area contributed by atoms with Crippen LogP contribution in [0.15, 0.2) is 24.4 Å². The van der Waals surface area contributed by atoms with Gasteiger partial charge in [-0.2, -0.15) is 0 Å². The summed E-state index contributed by atoms with van der Waals surface area (Å²) >= 11 is 0. The monoisotopic (exact) mass is 210 g/mol. The number of hydrogen-bond acceptors (Lipinski definition) is 2. The van der Waals surface area contributed by atoms with Crippen molar-refractivity contribution in [1.29, 1.82) is 0 Å². The van der Waals surface area contributed by atoms with Crippen LogP contribution >= 0.6 is 8.07 Å². The molecule has 1 aromatic heterocycles. The average Bonchev–Trinajstić information content (AvgIpc) is 2.15. The number of nitrogens with zero attached hydrogens (tertiary/aromatic N) is 1. The molecule has 0 spiro atoms. The number of rotatable bonds is 4. The van der Waals surface area contributed by atoms with Crippen LogP contribution in [0.1, 0.15) is 27.7 Å². The Morgan fingerprint density at radius 2 is 1.79 bits per heavy atom. The number of hydrogen-bond donors (Lipinski definition) is 1. The molecule has 0 bridgehead atoms. The summed E-state index contributed by atoms with van der Waals surface area (Å²) in [6.07, 6.45) is 1.83. The molecule has 1 aromatic rings. The third-order valence-electron chi connectivity index (χ3n) is 2.02. The number of pyridine rings is 1. The molecule has 1 heterocycles. The van der Waals surface area contributed by atoms with E-state index in [4.69, 9.17) is 0 Å². The molecule has 0 atom stereocenters. The molecule has 0 saturated heterocycles. The molecule has 1 N–H and O–H groups in total. The van der Waals surface area contributed by atoms with Gasteiger partial charge < -0.3 is 5.09 Å². The molecule has 0 aromatic carbocycles. The zero-order valence-corrected chi connectivity index (χ0v) is 10.3. The first kappa shape index (κ1) is 11.5. The number of anilines is 1. The quantitative estimate of drug-likeness (QED) is 0.766. The second-order valence-electron chi connectivity index (χ2n) is 3.92. The summed E-state index contributed by atoms with van der Waals surface area (Å²) in [5.74, 6) is 1.00. The minimum absolute atomic E-state index is 0.167. The van der Waals surface area contributed by atoms with Crippen molar-refractivity contribution in [2.24, 2.45) is 0 Å². The van der Waals surface area contributed by atoms with Crippen molar-refractivity contribution < 1.29 is 0 Å². The molecule has 0 saturated carbocycles. The standard InChI is InChI=1S/C11H19N2P/c1-9(2)14(10(3)4)13-11-7-5-6-8-12-11/h5-10H,1-4H3,(H,12,13). The van der Waals surface area contributed by atoms with Gasteiger partial charge in [0, 0.05) is 6.20 Å². The maximum atomic E-state index is 4.29. The molecular formula is C11H19N2P. The molecule has 78 valence electrons. The first-order valence-corrected chi connectivity index (χ1v) is 6.55. The third-order valence-corrected chi connectivity index (χ3v) is 4.73. The first-order chi connectivity index (χ1) is 6.61. The Hall–Kier alpha value is -0.620. The van der Waals surface area contributed by atoms with E-state index in [9.17, 15) is 0 Å². The van der Waals surface area contributed by atoms with Crippen molar-refractivity contribution in [3.05, 3.63) is 24.4 Å².